The molecule has 0 fully saturated rings. The van der Waals surface area contributed by atoms with E-state index in [1.54, 1.807) is 19.4 Å². The predicted octanol–water partition coefficient (Wildman–Crippen LogP) is 5.43. The van der Waals surface area contributed by atoms with Crippen LogP contribution in [0.15, 0.2) is 50.8 Å². The summed E-state index contributed by atoms with van der Waals surface area (Å²) in [5.41, 5.74) is 1.32. The highest BCUT2D eigenvalue weighted by Crippen LogP contribution is 2.29. The number of ether oxygens (including phenoxy) is 2. The van der Waals surface area contributed by atoms with Crippen molar-refractivity contribution in [2.24, 2.45) is 10.5 Å². The van der Waals surface area contributed by atoms with E-state index in [0.717, 1.165) is 16.5 Å². The maximum Gasteiger partial charge on any atom is 0.282 e. The maximum absolute atomic E-state index is 13.1. The lowest BCUT2D eigenvalue weighted by molar-refractivity contribution is 0.191. The Balaban J connectivity index is 1.98. The fourth-order valence-electron chi connectivity index (χ4n) is 3.00. The lowest BCUT2D eigenvalue weighted by Gasteiger charge is -2.20. The molecular formula is C24H28BrN3O3. The molecule has 0 unspecified atom stereocenters. The summed E-state index contributed by atoms with van der Waals surface area (Å²) in [7, 11) is 1.61. The molecule has 0 amide bonds. The number of fused-ring (bicyclic) bond motifs is 1. The van der Waals surface area contributed by atoms with Crippen LogP contribution in [-0.4, -0.2) is 29.6 Å². The number of hydrogen-bond donors (Lipinski definition) is 0. The van der Waals surface area contributed by atoms with Gasteiger partial charge in [-0.05, 0) is 53.8 Å². The standard InChI is InChI=1S/C24H28BrN3O3/c1-6-7-22-27-19-10-9-17(25)13-18(19)23(29)28(22)26-14-16-8-11-20(21(12-16)30-5)31-15-24(2,3)4/h8-14H,6-7,15H2,1-5H3. The second-order valence-electron chi connectivity index (χ2n) is 8.56. The van der Waals surface area contributed by atoms with Crippen LogP contribution in [0.3, 0.4) is 0 Å². The van der Waals surface area contributed by atoms with Crippen LogP contribution in [0.4, 0.5) is 0 Å². The van der Waals surface area contributed by atoms with Crippen molar-refractivity contribution in [2.75, 3.05) is 13.7 Å². The van der Waals surface area contributed by atoms with Crippen molar-refractivity contribution in [3.63, 3.8) is 0 Å². The number of hydrogen-bond acceptors (Lipinski definition) is 5. The van der Waals surface area contributed by atoms with Crippen LogP contribution in [0.1, 0.15) is 45.5 Å². The second-order valence-corrected chi connectivity index (χ2v) is 9.48. The van der Waals surface area contributed by atoms with Gasteiger partial charge in [0, 0.05) is 10.9 Å². The smallest absolute Gasteiger partial charge is 0.282 e. The molecule has 0 aliphatic carbocycles. The summed E-state index contributed by atoms with van der Waals surface area (Å²) in [6.07, 6.45) is 3.15. The predicted molar refractivity (Wildman–Crippen MR) is 129 cm³/mol. The molecule has 31 heavy (non-hydrogen) atoms. The number of benzene rings is 2. The quantitative estimate of drug-likeness (QED) is 0.418. The number of halogens is 1. The summed E-state index contributed by atoms with van der Waals surface area (Å²) in [5, 5.41) is 4.99. The van der Waals surface area contributed by atoms with Crippen molar-refractivity contribution in [3.05, 3.63) is 62.6 Å². The molecule has 3 rings (SSSR count). The van der Waals surface area contributed by atoms with Crippen LogP contribution in [0.5, 0.6) is 11.5 Å². The number of methoxy groups -OCH3 is 1. The third-order valence-electron chi connectivity index (χ3n) is 4.52. The van der Waals surface area contributed by atoms with Gasteiger partial charge in [-0.3, -0.25) is 4.79 Å². The largest absolute Gasteiger partial charge is 0.493 e. The summed E-state index contributed by atoms with van der Waals surface area (Å²) in [6.45, 7) is 8.96. The molecule has 6 nitrogen and oxygen atoms in total. The summed E-state index contributed by atoms with van der Waals surface area (Å²) in [6, 6.07) is 11.1. The van der Waals surface area contributed by atoms with E-state index in [4.69, 9.17) is 9.47 Å². The third kappa shape index (κ3) is 5.73. The van der Waals surface area contributed by atoms with Gasteiger partial charge in [-0.1, -0.05) is 43.6 Å². The van der Waals surface area contributed by atoms with E-state index in [-0.39, 0.29) is 11.0 Å². The molecule has 0 aliphatic heterocycles. The van der Waals surface area contributed by atoms with Crippen LogP contribution in [-0.2, 0) is 6.42 Å². The molecule has 0 atom stereocenters. The zero-order valence-corrected chi connectivity index (χ0v) is 20.2. The van der Waals surface area contributed by atoms with E-state index in [1.165, 1.54) is 4.68 Å². The molecular weight excluding hydrogens is 458 g/mol. The first kappa shape index (κ1) is 23.0. The molecule has 0 saturated carbocycles. The van der Waals surface area contributed by atoms with Gasteiger partial charge in [-0.25, -0.2) is 4.98 Å². The first-order valence-electron chi connectivity index (χ1n) is 10.3. The molecule has 0 bridgehead atoms. The lowest BCUT2D eigenvalue weighted by Crippen LogP contribution is -2.22. The van der Waals surface area contributed by atoms with Gasteiger partial charge >= 0.3 is 0 Å². The van der Waals surface area contributed by atoms with Crippen LogP contribution in [0.2, 0.25) is 0 Å². The van der Waals surface area contributed by atoms with Crippen LogP contribution >= 0.6 is 15.9 Å². The molecule has 7 heteroatoms. The number of nitrogens with zero attached hydrogens (tertiary/aromatic N) is 3. The molecule has 0 N–H and O–H groups in total. The van der Waals surface area contributed by atoms with Crippen molar-refractivity contribution in [3.8, 4) is 11.5 Å². The molecule has 3 aromatic rings. The highest BCUT2D eigenvalue weighted by atomic mass is 79.9. The minimum atomic E-state index is -0.192. The first-order valence-corrected chi connectivity index (χ1v) is 11.1. The fraction of sp³-hybridized carbons (Fsp3) is 0.375. The van der Waals surface area contributed by atoms with Crippen LogP contribution in [0, 0.1) is 5.41 Å². The van der Waals surface area contributed by atoms with E-state index in [1.807, 2.05) is 37.3 Å². The highest BCUT2D eigenvalue weighted by molar-refractivity contribution is 9.10. The highest BCUT2D eigenvalue weighted by Gasteiger charge is 2.14. The van der Waals surface area contributed by atoms with Crippen molar-refractivity contribution >= 4 is 33.0 Å². The van der Waals surface area contributed by atoms with Crippen molar-refractivity contribution in [1.29, 1.82) is 0 Å². The fourth-order valence-corrected chi connectivity index (χ4v) is 3.36. The number of aromatic nitrogens is 2. The minimum absolute atomic E-state index is 0.0417. The number of aryl methyl sites for hydroxylation is 1. The maximum atomic E-state index is 13.1. The van der Waals surface area contributed by atoms with Gasteiger partial charge in [-0.2, -0.15) is 9.78 Å². The third-order valence-corrected chi connectivity index (χ3v) is 5.01. The Morgan fingerprint density at radius 1 is 1.16 bits per heavy atom. The van der Waals surface area contributed by atoms with Gasteiger partial charge in [0.1, 0.15) is 5.82 Å². The van der Waals surface area contributed by atoms with Gasteiger partial charge in [0.25, 0.3) is 5.56 Å². The van der Waals surface area contributed by atoms with E-state index in [0.29, 0.717) is 41.3 Å². The first-order chi connectivity index (χ1) is 14.7. The van der Waals surface area contributed by atoms with E-state index >= 15 is 0 Å². The Labute approximate surface area is 191 Å². The van der Waals surface area contributed by atoms with E-state index < -0.39 is 0 Å². The summed E-state index contributed by atoms with van der Waals surface area (Å²) < 4.78 is 13.6. The topological polar surface area (TPSA) is 65.7 Å². The second kappa shape index (κ2) is 9.64. The van der Waals surface area contributed by atoms with Gasteiger partial charge in [0.15, 0.2) is 11.5 Å². The Morgan fingerprint density at radius 2 is 1.94 bits per heavy atom. The zero-order chi connectivity index (χ0) is 22.6. The van der Waals surface area contributed by atoms with Crippen molar-refractivity contribution in [1.82, 2.24) is 9.66 Å². The summed E-state index contributed by atoms with van der Waals surface area (Å²) >= 11 is 3.42. The SMILES string of the molecule is CCCc1nc2ccc(Br)cc2c(=O)n1N=Cc1ccc(OCC(C)(C)C)c(OC)c1. The van der Waals surface area contributed by atoms with Gasteiger partial charge in [-0.15, -0.1) is 0 Å². The Bertz CT molecular complexity index is 1160. The Kier molecular flexibility index (Phi) is 7.15. The normalized spacial score (nSPS) is 11.9. The lowest BCUT2D eigenvalue weighted by atomic mass is 9.99. The minimum Gasteiger partial charge on any atom is -0.493 e. The van der Waals surface area contributed by atoms with Crippen molar-refractivity contribution < 1.29 is 9.47 Å². The monoisotopic (exact) mass is 485 g/mol. The van der Waals surface area contributed by atoms with Gasteiger partial charge in [0.05, 0.1) is 30.8 Å². The molecule has 0 saturated heterocycles. The molecule has 164 valence electrons. The Hall–Kier alpha value is -2.67. The van der Waals surface area contributed by atoms with Crippen LogP contribution in [0.25, 0.3) is 10.9 Å². The summed E-state index contributed by atoms with van der Waals surface area (Å²) in [5.74, 6) is 1.93. The van der Waals surface area contributed by atoms with Crippen LogP contribution < -0.4 is 15.0 Å². The van der Waals surface area contributed by atoms with Gasteiger partial charge < -0.3 is 9.47 Å². The van der Waals surface area contributed by atoms with E-state index in [2.05, 4.69) is 46.8 Å². The Morgan fingerprint density at radius 3 is 2.61 bits per heavy atom. The number of rotatable bonds is 7. The van der Waals surface area contributed by atoms with Crippen molar-refractivity contribution in [2.45, 2.75) is 40.5 Å². The summed E-state index contributed by atoms with van der Waals surface area (Å²) in [4.78, 5) is 17.8. The van der Waals surface area contributed by atoms with Gasteiger partial charge in [0.2, 0.25) is 0 Å². The van der Waals surface area contributed by atoms with E-state index in [9.17, 15) is 4.79 Å². The average molecular weight is 486 g/mol. The molecule has 0 radical (unpaired) electrons. The molecule has 1 heterocycles. The zero-order valence-electron chi connectivity index (χ0n) is 18.6. The molecule has 2 aromatic carbocycles. The molecule has 1 aromatic heterocycles. The average Bonchev–Trinajstić information content (AvgIpc) is 2.72. The molecule has 0 aliphatic rings. The molecule has 0 spiro atoms.